The first-order valence-corrected chi connectivity index (χ1v) is 9.84. The van der Waals surface area contributed by atoms with E-state index in [2.05, 4.69) is 39.1 Å². The quantitative estimate of drug-likeness (QED) is 0.820. The molecule has 27 heavy (non-hydrogen) atoms. The lowest BCUT2D eigenvalue weighted by Gasteiger charge is -2.42. The van der Waals surface area contributed by atoms with Crippen molar-refractivity contribution in [2.24, 2.45) is 5.92 Å². The van der Waals surface area contributed by atoms with Crippen molar-refractivity contribution in [3.63, 3.8) is 0 Å². The van der Waals surface area contributed by atoms with E-state index < -0.39 is 0 Å². The van der Waals surface area contributed by atoms with Gasteiger partial charge in [-0.25, -0.2) is 9.97 Å². The SMILES string of the molecule is O=C(C1CC1)N1CCC2(CC1)OCCN(c1ncccn1)c1ccccc12. The summed E-state index contributed by atoms with van der Waals surface area (Å²) in [4.78, 5) is 25.5. The first-order chi connectivity index (χ1) is 13.3. The largest absolute Gasteiger partial charge is 0.368 e. The molecular weight excluding hydrogens is 340 g/mol. The summed E-state index contributed by atoms with van der Waals surface area (Å²) < 4.78 is 6.48. The Morgan fingerprint density at radius 3 is 2.52 bits per heavy atom. The van der Waals surface area contributed by atoms with Gasteiger partial charge in [0.05, 0.1) is 17.9 Å². The highest BCUT2D eigenvalue weighted by molar-refractivity contribution is 5.81. The second-order valence-corrected chi connectivity index (χ2v) is 7.66. The number of hydrogen-bond acceptors (Lipinski definition) is 5. The number of benzene rings is 1. The molecule has 1 spiro atoms. The predicted molar refractivity (Wildman–Crippen MR) is 102 cm³/mol. The maximum Gasteiger partial charge on any atom is 0.229 e. The number of likely N-dealkylation sites (tertiary alicyclic amines) is 1. The van der Waals surface area contributed by atoms with E-state index in [-0.39, 0.29) is 11.5 Å². The van der Waals surface area contributed by atoms with Crippen molar-refractivity contribution in [2.45, 2.75) is 31.3 Å². The number of amides is 1. The lowest BCUT2D eigenvalue weighted by Crippen LogP contribution is -2.47. The van der Waals surface area contributed by atoms with Gasteiger partial charge in [-0.2, -0.15) is 0 Å². The van der Waals surface area contributed by atoms with Crippen LogP contribution in [0.4, 0.5) is 11.6 Å². The molecule has 5 rings (SSSR count). The molecule has 1 saturated carbocycles. The highest BCUT2D eigenvalue weighted by atomic mass is 16.5. The highest BCUT2D eigenvalue weighted by Gasteiger charge is 2.44. The van der Waals surface area contributed by atoms with Crippen molar-refractivity contribution in [2.75, 3.05) is 31.1 Å². The van der Waals surface area contributed by atoms with E-state index in [4.69, 9.17) is 4.74 Å². The van der Waals surface area contributed by atoms with E-state index >= 15 is 0 Å². The Hall–Kier alpha value is -2.47. The van der Waals surface area contributed by atoms with Gasteiger partial charge in [-0.05, 0) is 37.8 Å². The third kappa shape index (κ3) is 2.98. The summed E-state index contributed by atoms with van der Waals surface area (Å²) in [7, 11) is 0. The molecule has 1 aromatic carbocycles. The minimum Gasteiger partial charge on any atom is -0.368 e. The molecule has 0 unspecified atom stereocenters. The number of rotatable bonds is 2. The third-order valence-electron chi connectivity index (χ3n) is 5.98. The Morgan fingerprint density at radius 2 is 1.78 bits per heavy atom. The molecule has 1 aromatic heterocycles. The topological polar surface area (TPSA) is 58.6 Å². The van der Waals surface area contributed by atoms with E-state index in [1.165, 1.54) is 5.56 Å². The van der Waals surface area contributed by atoms with Gasteiger partial charge in [0, 0.05) is 43.5 Å². The number of para-hydroxylation sites is 1. The minimum absolute atomic E-state index is 0.284. The van der Waals surface area contributed by atoms with Crippen LogP contribution >= 0.6 is 0 Å². The monoisotopic (exact) mass is 364 g/mol. The second kappa shape index (κ2) is 6.60. The van der Waals surface area contributed by atoms with Crippen molar-refractivity contribution in [1.82, 2.24) is 14.9 Å². The molecule has 1 saturated heterocycles. The van der Waals surface area contributed by atoms with Crippen molar-refractivity contribution < 1.29 is 9.53 Å². The van der Waals surface area contributed by atoms with Crippen LogP contribution in [-0.4, -0.2) is 47.0 Å². The Balaban J connectivity index is 1.46. The fourth-order valence-corrected chi connectivity index (χ4v) is 4.35. The van der Waals surface area contributed by atoms with Crippen LogP contribution in [0, 0.1) is 5.92 Å². The van der Waals surface area contributed by atoms with Gasteiger partial charge >= 0.3 is 0 Å². The molecule has 6 heteroatoms. The first kappa shape index (κ1) is 16.7. The van der Waals surface area contributed by atoms with Crippen LogP contribution in [0.5, 0.6) is 0 Å². The maximum atomic E-state index is 12.4. The molecule has 3 heterocycles. The number of ether oxygens (including phenoxy) is 1. The third-order valence-corrected chi connectivity index (χ3v) is 5.98. The number of carbonyl (C=O) groups excluding carboxylic acids is 1. The van der Waals surface area contributed by atoms with E-state index in [1.807, 2.05) is 11.0 Å². The molecular formula is C21H24N4O2. The summed E-state index contributed by atoms with van der Waals surface area (Å²) in [5, 5.41) is 0. The van der Waals surface area contributed by atoms with Crippen LogP contribution < -0.4 is 4.90 Å². The Morgan fingerprint density at radius 1 is 1.04 bits per heavy atom. The Labute approximate surface area is 159 Å². The second-order valence-electron chi connectivity index (χ2n) is 7.66. The van der Waals surface area contributed by atoms with Crippen LogP contribution in [0.1, 0.15) is 31.2 Å². The van der Waals surface area contributed by atoms with Gasteiger partial charge in [0.1, 0.15) is 0 Å². The van der Waals surface area contributed by atoms with Gasteiger partial charge in [-0.3, -0.25) is 4.79 Å². The minimum atomic E-state index is -0.333. The average molecular weight is 364 g/mol. The van der Waals surface area contributed by atoms with Gasteiger partial charge < -0.3 is 14.5 Å². The zero-order chi connectivity index (χ0) is 18.3. The zero-order valence-electron chi connectivity index (χ0n) is 15.4. The Bertz CT molecular complexity index is 829. The fraction of sp³-hybridized carbons (Fsp3) is 0.476. The molecule has 140 valence electrons. The summed E-state index contributed by atoms with van der Waals surface area (Å²) in [5.41, 5.74) is 1.97. The fourth-order valence-electron chi connectivity index (χ4n) is 4.35. The number of carbonyl (C=O) groups is 1. The number of fused-ring (bicyclic) bond motifs is 2. The molecule has 2 fully saturated rings. The number of nitrogens with zero attached hydrogens (tertiary/aromatic N) is 4. The van der Waals surface area contributed by atoms with E-state index in [0.717, 1.165) is 44.5 Å². The number of piperidine rings is 1. The molecule has 3 aliphatic rings. The normalized spacial score (nSPS) is 21.6. The van der Waals surface area contributed by atoms with Crippen molar-refractivity contribution in [1.29, 1.82) is 0 Å². The number of anilines is 2. The molecule has 0 atom stereocenters. The molecule has 1 aliphatic carbocycles. The van der Waals surface area contributed by atoms with E-state index in [0.29, 0.717) is 25.0 Å². The first-order valence-electron chi connectivity index (χ1n) is 9.84. The molecule has 0 bridgehead atoms. The van der Waals surface area contributed by atoms with Gasteiger partial charge in [-0.1, -0.05) is 18.2 Å². The van der Waals surface area contributed by atoms with Crippen molar-refractivity contribution >= 4 is 17.5 Å². The molecule has 2 aromatic rings. The zero-order valence-corrected chi connectivity index (χ0v) is 15.4. The lowest BCUT2D eigenvalue weighted by atomic mass is 9.83. The summed E-state index contributed by atoms with van der Waals surface area (Å²) >= 11 is 0. The maximum absolute atomic E-state index is 12.4. The molecule has 2 aliphatic heterocycles. The van der Waals surface area contributed by atoms with Crippen molar-refractivity contribution in [3.8, 4) is 0 Å². The summed E-state index contributed by atoms with van der Waals surface area (Å²) in [5.74, 6) is 1.32. The van der Waals surface area contributed by atoms with Gasteiger partial charge in [0.25, 0.3) is 0 Å². The standard InChI is InChI=1S/C21H24N4O2/c26-19(16-6-7-16)24-12-8-21(9-13-24)17-4-1-2-5-18(17)25(14-15-27-21)20-22-10-3-11-23-20/h1-5,10-11,16H,6-9,12-15H2. The van der Waals surface area contributed by atoms with E-state index in [1.54, 1.807) is 12.4 Å². The Kier molecular flexibility index (Phi) is 4.08. The van der Waals surface area contributed by atoms with Crippen LogP contribution in [0.3, 0.4) is 0 Å². The molecule has 0 N–H and O–H groups in total. The van der Waals surface area contributed by atoms with Crippen LogP contribution in [0.2, 0.25) is 0 Å². The van der Waals surface area contributed by atoms with E-state index in [9.17, 15) is 4.79 Å². The summed E-state index contributed by atoms with van der Waals surface area (Å²) in [6, 6.07) is 10.2. The molecule has 1 amide bonds. The van der Waals surface area contributed by atoms with Crippen LogP contribution in [0.15, 0.2) is 42.7 Å². The number of aromatic nitrogens is 2. The van der Waals surface area contributed by atoms with Crippen LogP contribution in [-0.2, 0) is 15.1 Å². The van der Waals surface area contributed by atoms with Gasteiger partial charge in [0.15, 0.2) is 0 Å². The highest BCUT2D eigenvalue weighted by Crippen LogP contribution is 2.45. The predicted octanol–water partition coefficient (Wildman–Crippen LogP) is 2.87. The smallest absolute Gasteiger partial charge is 0.229 e. The average Bonchev–Trinajstić information content (AvgIpc) is 3.58. The van der Waals surface area contributed by atoms with Gasteiger partial charge in [-0.15, -0.1) is 0 Å². The van der Waals surface area contributed by atoms with Gasteiger partial charge in [0.2, 0.25) is 11.9 Å². The molecule has 0 radical (unpaired) electrons. The van der Waals surface area contributed by atoms with Crippen LogP contribution in [0.25, 0.3) is 0 Å². The summed E-state index contributed by atoms with van der Waals surface area (Å²) in [6.45, 7) is 2.87. The lowest BCUT2D eigenvalue weighted by molar-refractivity contribution is -0.140. The number of hydrogen-bond donors (Lipinski definition) is 0. The van der Waals surface area contributed by atoms with Crippen molar-refractivity contribution in [3.05, 3.63) is 48.3 Å². The molecule has 6 nitrogen and oxygen atoms in total. The summed E-state index contributed by atoms with van der Waals surface area (Å²) in [6.07, 6.45) is 7.35.